The predicted octanol–water partition coefficient (Wildman–Crippen LogP) is 2.62. The van der Waals surface area contributed by atoms with Crippen molar-refractivity contribution in [3.8, 4) is 5.75 Å². The van der Waals surface area contributed by atoms with Crippen LogP contribution >= 0.6 is 0 Å². The molecule has 0 atom stereocenters. The second-order valence-corrected chi connectivity index (χ2v) is 6.23. The molecule has 1 aromatic carbocycles. The minimum absolute atomic E-state index is 0.255. The first-order valence-electron chi connectivity index (χ1n) is 9.19. The molecule has 1 aromatic heterocycles. The second-order valence-electron chi connectivity index (χ2n) is 6.23. The number of para-hydroxylation sites is 1. The van der Waals surface area contributed by atoms with Crippen molar-refractivity contribution in [2.45, 2.75) is 6.92 Å². The molecule has 0 radical (unpaired) electrons. The lowest BCUT2D eigenvalue weighted by Gasteiger charge is -2.34. The van der Waals surface area contributed by atoms with E-state index < -0.39 is 0 Å². The smallest absolute Gasteiger partial charge is 0.409 e. The molecule has 8 heteroatoms. The van der Waals surface area contributed by atoms with Crippen LogP contribution in [0.2, 0.25) is 0 Å². The summed E-state index contributed by atoms with van der Waals surface area (Å²) in [5.74, 6) is 1.07. The van der Waals surface area contributed by atoms with Gasteiger partial charge in [0.2, 0.25) is 0 Å². The lowest BCUT2D eigenvalue weighted by atomic mass is 10.2. The molecule has 0 spiro atoms. The Kier molecular flexibility index (Phi) is 6.31. The fourth-order valence-corrected chi connectivity index (χ4v) is 3.01. The van der Waals surface area contributed by atoms with Gasteiger partial charge >= 0.3 is 6.09 Å². The summed E-state index contributed by atoms with van der Waals surface area (Å²) in [6.07, 6.45) is 1.35. The SMILES string of the molecule is CCOC(=O)N1CCN(c2ccc(NC(=O)c3ccccc3OC)cn2)CC1. The van der Waals surface area contributed by atoms with E-state index in [1.807, 2.05) is 18.2 Å². The first-order chi connectivity index (χ1) is 13.6. The molecule has 1 fully saturated rings. The Balaban J connectivity index is 1.58. The highest BCUT2D eigenvalue weighted by molar-refractivity contribution is 6.06. The quantitative estimate of drug-likeness (QED) is 0.853. The Hall–Kier alpha value is -3.29. The summed E-state index contributed by atoms with van der Waals surface area (Å²) >= 11 is 0. The number of nitrogens with one attached hydrogen (secondary N) is 1. The molecular weight excluding hydrogens is 360 g/mol. The minimum Gasteiger partial charge on any atom is -0.496 e. The van der Waals surface area contributed by atoms with Crippen LogP contribution in [0.25, 0.3) is 0 Å². The maximum absolute atomic E-state index is 12.5. The number of nitrogens with zero attached hydrogens (tertiary/aromatic N) is 3. The van der Waals surface area contributed by atoms with Gasteiger partial charge in [-0.25, -0.2) is 9.78 Å². The van der Waals surface area contributed by atoms with Gasteiger partial charge in [-0.3, -0.25) is 4.79 Å². The maximum Gasteiger partial charge on any atom is 0.409 e. The van der Waals surface area contributed by atoms with Crippen LogP contribution in [0.1, 0.15) is 17.3 Å². The molecule has 1 saturated heterocycles. The molecule has 1 aliphatic heterocycles. The normalized spacial score (nSPS) is 13.8. The summed E-state index contributed by atoms with van der Waals surface area (Å²) < 4.78 is 10.3. The Labute approximate surface area is 164 Å². The highest BCUT2D eigenvalue weighted by Gasteiger charge is 2.22. The Morgan fingerprint density at radius 1 is 1.11 bits per heavy atom. The monoisotopic (exact) mass is 384 g/mol. The number of methoxy groups -OCH3 is 1. The molecule has 1 N–H and O–H groups in total. The van der Waals surface area contributed by atoms with Crippen molar-refractivity contribution in [1.29, 1.82) is 0 Å². The molecule has 0 saturated carbocycles. The van der Waals surface area contributed by atoms with Crippen LogP contribution in [0, 0.1) is 0 Å². The van der Waals surface area contributed by atoms with E-state index in [0.717, 1.165) is 5.82 Å². The number of ether oxygens (including phenoxy) is 2. The van der Waals surface area contributed by atoms with E-state index in [0.29, 0.717) is 49.8 Å². The number of aromatic nitrogens is 1. The van der Waals surface area contributed by atoms with Crippen LogP contribution in [0.15, 0.2) is 42.6 Å². The van der Waals surface area contributed by atoms with E-state index >= 15 is 0 Å². The summed E-state index contributed by atoms with van der Waals surface area (Å²) in [5.41, 5.74) is 1.06. The summed E-state index contributed by atoms with van der Waals surface area (Å²) in [6.45, 7) is 4.71. The van der Waals surface area contributed by atoms with E-state index in [4.69, 9.17) is 9.47 Å². The topological polar surface area (TPSA) is 84.0 Å². The zero-order chi connectivity index (χ0) is 19.9. The van der Waals surface area contributed by atoms with Gasteiger partial charge in [0.1, 0.15) is 11.6 Å². The molecule has 28 heavy (non-hydrogen) atoms. The molecule has 2 amide bonds. The van der Waals surface area contributed by atoms with Crippen molar-refractivity contribution >= 4 is 23.5 Å². The van der Waals surface area contributed by atoms with Gasteiger partial charge in [-0.1, -0.05) is 12.1 Å². The fourth-order valence-electron chi connectivity index (χ4n) is 3.01. The molecule has 3 rings (SSSR count). The Bertz CT molecular complexity index is 817. The van der Waals surface area contributed by atoms with Crippen LogP contribution in [-0.4, -0.2) is 61.8 Å². The molecule has 1 aliphatic rings. The number of anilines is 2. The summed E-state index contributed by atoms with van der Waals surface area (Å²) in [4.78, 5) is 32.5. The maximum atomic E-state index is 12.5. The van der Waals surface area contributed by atoms with Crippen molar-refractivity contribution in [3.05, 3.63) is 48.2 Å². The molecular formula is C20H24N4O4. The number of carbonyl (C=O) groups is 2. The zero-order valence-corrected chi connectivity index (χ0v) is 16.1. The number of piperazine rings is 1. The summed E-state index contributed by atoms with van der Waals surface area (Å²) in [7, 11) is 1.53. The first-order valence-corrected chi connectivity index (χ1v) is 9.19. The molecule has 8 nitrogen and oxygen atoms in total. The van der Waals surface area contributed by atoms with Crippen LogP contribution in [0.4, 0.5) is 16.3 Å². The van der Waals surface area contributed by atoms with Gasteiger partial charge in [-0.15, -0.1) is 0 Å². The number of hydrogen-bond donors (Lipinski definition) is 1. The summed E-state index contributed by atoms with van der Waals surface area (Å²) in [5, 5.41) is 2.83. The van der Waals surface area contributed by atoms with E-state index in [9.17, 15) is 9.59 Å². The van der Waals surface area contributed by atoms with Crippen LogP contribution in [-0.2, 0) is 4.74 Å². The van der Waals surface area contributed by atoms with E-state index in [1.165, 1.54) is 7.11 Å². The van der Waals surface area contributed by atoms with Gasteiger partial charge in [-0.2, -0.15) is 0 Å². The highest BCUT2D eigenvalue weighted by Crippen LogP contribution is 2.20. The first kappa shape index (κ1) is 19.5. The third-order valence-corrected chi connectivity index (χ3v) is 4.49. The average Bonchev–Trinajstić information content (AvgIpc) is 2.74. The lowest BCUT2D eigenvalue weighted by molar-refractivity contribution is 0.102. The number of carbonyl (C=O) groups excluding carboxylic acids is 2. The zero-order valence-electron chi connectivity index (χ0n) is 16.1. The van der Waals surface area contributed by atoms with Gasteiger partial charge in [0, 0.05) is 26.2 Å². The molecule has 2 aromatic rings. The number of rotatable bonds is 5. The Morgan fingerprint density at radius 3 is 2.50 bits per heavy atom. The second kappa shape index (κ2) is 9.07. The van der Waals surface area contributed by atoms with Crippen molar-refractivity contribution in [3.63, 3.8) is 0 Å². The molecule has 0 unspecified atom stereocenters. The van der Waals surface area contributed by atoms with Crippen molar-refractivity contribution in [2.24, 2.45) is 0 Å². The van der Waals surface area contributed by atoms with Crippen molar-refractivity contribution < 1.29 is 19.1 Å². The molecule has 148 valence electrons. The third-order valence-electron chi connectivity index (χ3n) is 4.49. The molecule has 2 heterocycles. The molecule has 0 bridgehead atoms. The Morgan fingerprint density at radius 2 is 1.86 bits per heavy atom. The van der Waals surface area contributed by atoms with Crippen LogP contribution < -0.4 is 15.0 Å². The van der Waals surface area contributed by atoms with Crippen LogP contribution in [0.3, 0.4) is 0 Å². The molecule has 0 aliphatic carbocycles. The van der Waals surface area contributed by atoms with E-state index in [1.54, 1.807) is 36.2 Å². The van der Waals surface area contributed by atoms with Gasteiger partial charge in [-0.05, 0) is 31.2 Å². The number of hydrogen-bond acceptors (Lipinski definition) is 6. The fraction of sp³-hybridized carbons (Fsp3) is 0.350. The van der Waals surface area contributed by atoms with Crippen molar-refractivity contribution in [1.82, 2.24) is 9.88 Å². The van der Waals surface area contributed by atoms with E-state index in [2.05, 4.69) is 15.2 Å². The predicted molar refractivity (Wildman–Crippen MR) is 106 cm³/mol. The standard InChI is InChI=1S/C20H24N4O4/c1-3-28-20(26)24-12-10-23(11-13-24)18-9-8-15(14-21-18)22-19(25)16-6-4-5-7-17(16)27-2/h4-9,14H,3,10-13H2,1-2H3,(H,22,25). The van der Waals surface area contributed by atoms with Gasteiger partial charge in [0.05, 0.1) is 31.2 Å². The lowest BCUT2D eigenvalue weighted by Crippen LogP contribution is -2.49. The van der Waals surface area contributed by atoms with Crippen molar-refractivity contribution in [2.75, 3.05) is 50.1 Å². The van der Waals surface area contributed by atoms with E-state index in [-0.39, 0.29) is 12.0 Å². The minimum atomic E-state index is -0.274. The number of benzene rings is 1. The largest absolute Gasteiger partial charge is 0.496 e. The summed E-state index contributed by atoms with van der Waals surface area (Å²) in [6, 6.07) is 10.7. The van der Waals surface area contributed by atoms with Gasteiger partial charge in [0.15, 0.2) is 0 Å². The number of pyridine rings is 1. The highest BCUT2D eigenvalue weighted by atomic mass is 16.6. The number of amides is 2. The van der Waals surface area contributed by atoms with Gasteiger partial charge in [0.25, 0.3) is 5.91 Å². The van der Waals surface area contributed by atoms with Gasteiger partial charge < -0.3 is 24.6 Å². The third kappa shape index (κ3) is 4.51. The average molecular weight is 384 g/mol. The van der Waals surface area contributed by atoms with Crippen LogP contribution in [0.5, 0.6) is 5.75 Å².